The largest absolute Gasteiger partial charge is 0.484 e. The van der Waals surface area contributed by atoms with E-state index in [1.807, 2.05) is 6.92 Å². The maximum Gasteiger partial charge on any atom is 0.258 e. The Kier molecular flexibility index (Phi) is 6.91. The molecule has 100 valence electrons. The first-order chi connectivity index (χ1) is 8.61. The molecule has 0 fully saturated rings. The van der Waals surface area contributed by atoms with Crippen LogP contribution in [0.1, 0.15) is 19.8 Å². The van der Waals surface area contributed by atoms with Crippen LogP contribution >= 0.6 is 23.2 Å². The SMILES string of the molecule is CC(CCCCl)NC(=O)COc1cccc(Cl)c1. The highest BCUT2D eigenvalue weighted by atomic mass is 35.5. The minimum Gasteiger partial charge on any atom is -0.484 e. The van der Waals surface area contributed by atoms with Crippen molar-refractivity contribution in [3.63, 3.8) is 0 Å². The smallest absolute Gasteiger partial charge is 0.258 e. The summed E-state index contributed by atoms with van der Waals surface area (Å²) in [5.41, 5.74) is 0. The van der Waals surface area contributed by atoms with E-state index in [0.717, 1.165) is 12.8 Å². The van der Waals surface area contributed by atoms with E-state index in [-0.39, 0.29) is 18.6 Å². The van der Waals surface area contributed by atoms with Crippen molar-refractivity contribution in [1.29, 1.82) is 0 Å². The van der Waals surface area contributed by atoms with Crippen LogP contribution in [-0.2, 0) is 4.79 Å². The summed E-state index contributed by atoms with van der Waals surface area (Å²) >= 11 is 11.4. The van der Waals surface area contributed by atoms with Gasteiger partial charge in [0.1, 0.15) is 5.75 Å². The number of benzene rings is 1. The van der Waals surface area contributed by atoms with E-state index in [9.17, 15) is 4.79 Å². The third-order valence-electron chi connectivity index (χ3n) is 2.34. The fourth-order valence-electron chi connectivity index (χ4n) is 1.48. The van der Waals surface area contributed by atoms with Gasteiger partial charge in [0, 0.05) is 16.9 Å². The van der Waals surface area contributed by atoms with E-state index in [1.165, 1.54) is 0 Å². The molecule has 0 aliphatic rings. The molecule has 0 aliphatic heterocycles. The second kappa shape index (κ2) is 8.22. The van der Waals surface area contributed by atoms with E-state index in [2.05, 4.69) is 5.32 Å². The first-order valence-electron chi connectivity index (χ1n) is 5.85. The molecule has 5 heteroatoms. The Morgan fingerprint density at radius 3 is 2.94 bits per heavy atom. The van der Waals surface area contributed by atoms with Crippen LogP contribution < -0.4 is 10.1 Å². The number of hydrogen-bond donors (Lipinski definition) is 1. The highest BCUT2D eigenvalue weighted by Gasteiger charge is 2.07. The molecular weight excluding hydrogens is 273 g/mol. The van der Waals surface area contributed by atoms with Gasteiger partial charge in [-0.2, -0.15) is 0 Å². The molecule has 0 aromatic heterocycles. The minimum atomic E-state index is -0.142. The Hall–Kier alpha value is -0.930. The zero-order chi connectivity index (χ0) is 13.4. The second-order valence-electron chi connectivity index (χ2n) is 4.05. The van der Waals surface area contributed by atoms with E-state index in [4.69, 9.17) is 27.9 Å². The van der Waals surface area contributed by atoms with E-state index in [1.54, 1.807) is 24.3 Å². The topological polar surface area (TPSA) is 38.3 Å². The van der Waals surface area contributed by atoms with Gasteiger partial charge in [0.25, 0.3) is 5.91 Å². The molecule has 3 nitrogen and oxygen atoms in total. The minimum absolute atomic E-state index is 0.00838. The number of hydrogen-bond acceptors (Lipinski definition) is 2. The van der Waals surface area contributed by atoms with Gasteiger partial charge in [-0.25, -0.2) is 0 Å². The van der Waals surface area contributed by atoms with Crippen molar-refractivity contribution >= 4 is 29.1 Å². The number of rotatable bonds is 7. The monoisotopic (exact) mass is 289 g/mol. The van der Waals surface area contributed by atoms with Gasteiger partial charge in [-0.3, -0.25) is 4.79 Å². The number of carbonyl (C=O) groups excluding carboxylic acids is 1. The quantitative estimate of drug-likeness (QED) is 0.783. The Morgan fingerprint density at radius 1 is 1.50 bits per heavy atom. The van der Waals surface area contributed by atoms with Gasteiger partial charge < -0.3 is 10.1 Å². The summed E-state index contributed by atoms with van der Waals surface area (Å²) < 4.78 is 5.33. The number of carbonyl (C=O) groups is 1. The van der Waals surface area contributed by atoms with Crippen LogP contribution in [0.15, 0.2) is 24.3 Å². The third kappa shape index (κ3) is 6.12. The molecule has 1 unspecified atom stereocenters. The predicted molar refractivity (Wildman–Crippen MR) is 74.5 cm³/mol. The van der Waals surface area contributed by atoms with Crippen molar-refractivity contribution in [3.8, 4) is 5.75 Å². The van der Waals surface area contributed by atoms with Gasteiger partial charge in [-0.15, -0.1) is 11.6 Å². The van der Waals surface area contributed by atoms with Crippen molar-refractivity contribution in [1.82, 2.24) is 5.32 Å². The fourth-order valence-corrected chi connectivity index (χ4v) is 1.81. The molecule has 0 saturated carbocycles. The number of ether oxygens (including phenoxy) is 1. The fraction of sp³-hybridized carbons (Fsp3) is 0.462. The summed E-state index contributed by atoms with van der Waals surface area (Å²) in [6.07, 6.45) is 1.75. The Labute approximate surface area is 117 Å². The van der Waals surface area contributed by atoms with Crippen LogP contribution in [0, 0.1) is 0 Å². The van der Waals surface area contributed by atoms with Crippen molar-refractivity contribution in [2.75, 3.05) is 12.5 Å². The molecule has 1 N–H and O–H groups in total. The Balaban J connectivity index is 2.28. The number of alkyl halides is 1. The van der Waals surface area contributed by atoms with Crippen molar-refractivity contribution in [2.45, 2.75) is 25.8 Å². The third-order valence-corrected chi connectivity index (χ3v) is 2.85. The van der Waals surface area contributed by atoms with Crippen LogP contribution in [0.25, 0.3) is 0 Å². The molecule has 1 aromatic rings. The molecule has 0 bridgehead atoms. The van der Waals surface area contributed by atoms with Crippen molar-refractivity contribution < 1.29 is 9.53 Å². The Bertz CT molecular complexity index is 385. The van der Waals surface area contributed by atoms with Gasteiger partial charge in [0.05, 0.1) is 0 Å². The average Bonchev–Trinajstić information content (AvgIpc) is 2.34. The summed E-state index contributed by atoms with van der Waals surface area (Å²) in [6.45, 7) is 1.94. The Morgan fingerprint density at radius 2 is 2.28 bits per heavy atom. The highest BCUT2D eigenvalue weighted by Crippen LogP contribution is 2.16. The second-order valence-corrected chi connectivity index (χ2v) is 4.86. The van der Waals surface area contributed by atoms with Crippen LogP contribution in [0.4, 0.5) is 0 Å². The lowest BCUT2D eigenvalue weighted by molar-refractivity contribution is -0.123. The van der Waals surface area contributed by atoms with Crippen LogP contribution in [0.5, 0.6) is 5.75 Å². The standard InChI is InChI=1S/C13H17Cl2NO2/c1-10(4-3-7-14)16-13(17)9-18-12-6-2-5-11(15)8-12/h2,5-6,8,10H,3-4,7,9H2,1H3,(H,16,17). The molecule has 1 aromatic carbocycles. The predicted octanol–water partition coefficient (Wildman–Crippen LogP) is 3.24. The molecule has 0 heterocycles. The first-order valence-corrected chi connectivity index (χ1v) is 6.76. The molecule has 18 heavy (non-hydrogen) atoms. The average molecular weight is 290 g/mol. The molecule has 0 spiro atoms. The summed E-state index contributed by atoms with van der Waals surface area (Å²) in [5, 5.41) is 3.43. The van der Waals surface area contributed by atoms with Crippen LogP contribution in [0.3, 0.4) is 0 Å². The summed E-state index contributed by atoms with van der Waals surface area (Å²) in [7, 11) is 0. The maximum absolute atomic E-state index is 11.6. The van der Waals surface area contributed by atoms with E-state index in [0.29, 0.717) is 16.7 Å². The van der Waals surface area contributed by atoms with Gasteiger partial charge >= 0.3 is 0 Å². The normalized spacial score (nSPS) is 11.9. The lowest BCUT2D eigenvalue weighted by atomic mass is 10.2. The van der Waals surface area contributed by atoms with E-state index < -0.39 is 0 Å². The van der Waals surface area contributed by atoms with Crippen LogP contribution in [-0.4, -0.2) is 24.4 Å². The molecule has 0 radical (unpaired) electrons. The van der Waals surface area contributed by atoms with Gasteiger partial charge in [0.15, 0.2) is 6.61 Å². The molecule has 1 atom stereocenters. The van der Waals surface area contributed by atoms with Crippen molar-refractivity contribution in [3.05, 3.63) is 29.3 Å². The van der Waals surface area contributed by atoms with Gasteiger partial charge in [-0.05, 0) is 38.0 Å². The summed E-state index contributed by atoms with van der Waals surface area (Å²) in [5.74, 6) is 1.06. The zero-order valence-corrected chi connectivity index (χ0v) is 11.8. The number of amides is 1. The van der Waals surface area contributed by atoms with E-state index >= 15 is 0 Å². The van der Waals surface area contributed by atoms with Crippen molar-refractivity contribution in [2.24, 2.45) is 0 Å². The molecule has 1 amide bonds. The summed E-state index contributed by atoms with van der Waals surface area (Å²) in [6, 6.07) is 7.07. The molecule has 0 saturated heterocycles. The lowest BCUT2D eigenvalue weighted by Gasteiger charge is -2.13. The van der Waals surface area contributed by atoms with Gasteiger partial charge in [-0.1, -0.05) is 17.7 Å². The summed E-state index contributed by atoms with van der Waals surface area (Å²) in [4.78, 5) is 11.6. The highest BCUT2D eigenvalue weighted by molar-refractivity contribution is 6.30. The van der Waals surface area contributed by atoms with Gasteiger partial charge in [0.2, 0.25) is 0 Å². The molecular formula is C13H17Cl2NO2. The number of nitrogens with one attached hydrogen (secondary N) is 1. The molecule has 0 aliphatic carbocycles. The zero-order valence-electron chi connectivity index (χ0n) is 10.3. The maximum atomic E-state index is 11.6. The molecule has 1 rings (SSSR count). The van der Waals surface area contributed by atoms with Crippen LogP contribution in [0.2, 0.25) is 5.02 Å². The lowest BCUT2D eigenvalue weighted by Crippen LogP contribution is -2.36. The first kappa shape index (κ1) is 15.1. The number of halogens is 2.